The van der Waals surface area contributed by atoms with Gasteiger partial charge in [-0.15, -0.1) is 0 Å². The van der Waals surface area contributed by atoms with Crippen LogP contribution in [0.5, 0.6) is 11.5 Å². The fourth-order valence-corrected chi connectivity index (χ4v) is 4.05. The number of hydrogen-bond donors (Lipinski definition) is 3. The lowest BCUT2D eigenvalue weighted by Gasteiger charge is -2.14. The number of amides is 1. The third-order valence-corrected chi connectivity index (χ3v) is 5.70. The summed E-state index contributed by atoms with van der Waals surface area (Å²) < 4.78 is 16.6. The lowest BCUT2D eigenvalue weighted by Crippen LogP contribution is -2.26. The topological polar surface area (TPSA) is 97.1 Å². The first kappa shape index (κ1) is 23.3. The Kier molecular flexibility index (Phi) is 7.12. The van der Waals surface area contributed by atoms with Crippen LogP contribution < -0.4 is 25.5 Å². The van der Waals surface area contributed by atoms with Crippen molar-refractivity contribution in [3.63, 3.8) is 0 Å². The zero-order valence-corrected chi connectivity index (χ0v) is 20.0. The molecule has 1 aromatic heterocycles. The molecule has 1 amide bonds. The van der Waals surface area contributed by atoms with E-state index in [4.69, 9.17) is 26.1 Å². The van der Waals surface area contributed by atoms with Gasteiger partial charge in [0, 0.05) is 29.3 Å². The van der Waals surface area contributed by atoms with E-state index in [1.165, 1.54) is 0 Å². The Bertz CT molecular complexity index is 1240. The maximum atomic E-state index is 13.1. The van der Waals surface area contributed by atoms with E-state index in [-0.39, 0.29) is 11.7 Å². The molecule has 0 aliphatic heterocycles. The molecule has 1 aliphatic carbocycles. The minimum absolute atomic E-state index is 0.245. The number of furan rings is 1. The molecule has 4 rings (SSSR count). The molecule has 176 valence electrons. The number of aryl methyl sites for hydroxylation is 1. The number of para-hydroxylation sites is 1. The van der Waals surface area contributed by atoms with Crippen molar-refractivity contribution < 1.29 is 18.7 Å². The van der Waals surface area contributed by atoms with E-state index >= 15 is 0 Å². The predicted molar refractivity (Wildman–Crippen MR) is 136 cm³/mol. The summed E-state index contributed by atoms with van der Waals surface area (Å²) in [6.07, 6.45) is 2.35. The number of hydrogen-bond acceptors (Lipinski definition) is 6. The molecule has 1 heterocycles. The number of nitrogens with zero attached hydrogens (tertiary/aromatic N) is 1. The molecule has 2 aromatic carbocycles. The van der Waals surface area contributed by atoms with Crippen LogP contribution in [0.1, 0.15) is 40.3 Å². The number of anilines is 2. The molecule has 0 bridgehead atoms. The van der Waals surface area contributed by atoms with Gasteiger partial charge in [-0.2, -0.15) is 5.10 Å². The van der Waals surface area contributed by atoms with Crippen molar-refractivity contribution >= 4 is 40.3 Å². The van der Waals surface area contributed by atoms with E-state index in [0.717, 1.165) is 47.5 Å². The van der Waals surface area contributed by atoms with Crippen molar-refractivity contribution in [2.75, 3.05) is 24.9 Å². The van der Waals surface area contributed by atoms with Crippen molar-refractivity contribution in [2.24, 2.45) is 5.10 Å². The number of hydrazone groups is 1. The van der Waals surface area contributed by atoms with Gasteiger partial charge in [0.05, 0.1) is 25.6 Å². The minimum Gasteiger partial charge on any atom is -0.497 e. The van der Waals surface area contributed by atoms with Crippen molar-refractivity contribution in [3.8, 4) is 11.5 Å². The van der Waals surface area contributed by atoms with Gasteiger partial charge in [0.1, 0.15) is 17.3 Å². The van der Waals surface area contributed by atoms with E-state index in [9.17, 15) is 4.79 Å². The van der Waals surface area contributed by atoms with E-state index in [0.29, 0.717) is 22.3 Å². The second-order valence-electron chi connectivity index (χ2n) is 7.72. The molecule has 0 saturated heterocycles. The number of benzene rings is 2. The maximum absolute atomic E-state index is 13.1. The standard InChI is InChI=1S/C25H26N4O4S/c1-15-22-18(28-29-25(34)26-16-8-5-4-6-9-16)10-7-11-21(22)33-23(15)24(30)27-19-14-17(31-2)12-13-20(19)32-3/h4-6,8-9,12-14H,7,10-11H2,1-3H3,(H,27,30)(H2,26,29,34)/b28-18+. The lowest BCUT2D eigenvalue weighted by molar-refractivity contribution is 0.0993. The lowest BCUT2D eigenvalue weighted by atomic mass is 9.93. The maximum Gasteiger partial charge on any atom is 0.291 e. The van der Waals surface area contributed by atoms with E-state index in [2.05, 4.69) is 21.2 Å². The van der Waals surface area contributed by atoms with Crippen LogP contribution in [0.3, 0.4) is 0 Å². The number of fused-ring (bicyclic) bond motifs is 1. The van der Waals surface area contributed by atoms with E-state index < -0.39 is 0 Å². The molecule has 0 radical (unpaired) electrons. The summed E-state index contributed by atoms with van der Waals surface area (Å²) in [7, 11) is 3.11. The van der Waals surface area contributed by atoms with Crippen molar-refractivity contribution in [1.82, 2.24) is 5.43 Å². The Labute approximate surface area is 203 Å². The van der Waals surface area contributed by atoms with Crippen molar-refractivity contribution in [3.05, 3.63) is 71.2 Å². The number of thiocarbonyl (C=S) groups is 1. The van der Waals surface area contributed by atoms with Crippen molar-refractivity contribution in [1.29, 1.82) is 0 Å². The number of nitrogens with one attached hydrogen (secondary N) is 3. The number of carbonyl (C=O) groups is 1. The molecule has 9 heteroatoms. The zero-order chi connectivity index (χ0) is 24.1. The molecule has 3 N–H and O–H groups in total. The second kappa shape index (κ2) is 10.4. The van der Waals surface area contributed by atoms with E-state index in [1.807, 2.05) is 37.3 Å². The van der Waals surface area contributed by atoms with Gasteiger partial charge < -0.3 is 24.5 Å². The van der Waals surface area contributed by atoms with Gasteiger partial charge in [0.15, 0.2) is 10.9 Å². The van der Waals surface area contributed by atoms with Gasteiger partial charge in [0.2, 0.25) is 0 Å². The Morgan fingerprint density at radius 2 is 1.85 bits per heavy atom. The highest BCUT2D eigenvalue weighted by Crippen LogP contribution is 2.32. The molecule has 0 atom stereocenters. The van der Waals surface area contributed by atoms with Gasteiger partial charge >= 0.3 is 0 Å². The first-order valence-corrected chi connectivity index (χ1v) is 11.3. The van der Waals surface area contributed by atoms with Crippen LogP contribution in [0, 0.1) is 6.92 Å². The Hall–Kier alpha value is -3.85. The summed E-state index contributed by atoms with van der Waals surface area (Å²) in [6.45, 7) is 1.86. The normalized spacial score (nSPS) is 13.7. The summed E-state index contributed by atoms with van der Waals surface area (Å²) in [4.78, 5) is 13.1. The summed E-state index contributed by atoms with van der Waals surface area (Å²) in [5.74, 6) is 1.75. The quantitative estimate of drug-likeness (QED) is 0.343. The second-order valence-corrected chi connectivity index (χ2v) is 8.13. The molecule has 0 unspecified atom stereocenters. The van der Waals surface area contributed by atoms with Crippen LogP contribution in [0.15, 0.2) is 58.0 Å². The number of rotatable bonds is 6. The highest BCUT2D eigenvalue weighted by atomic mass is 32.1. The highest BCUT2D eigenvalue weighted by Gasteiger charge is 2.28. The SMILES string of the molecule is COc1ccc(OC)c(NC(=O)c2oc3c(c2C)/C(=N/NC(=S)Nc2ccccc2)CCC3)c1. The Morgan fingerprint density at radius 3 is 2.59 bits per heavy atom. The largest absolute Gasteiger partial charge is 0.497 e. The average Bonchev–Trinajstić information content (AvgIpc) is 3.20. The molecule has 8 nitrogen and oxygen atoms in total. The fraction of sp³-hybridized carbons (Fsp3) is 0.240. The molecular formula is C25H26N4O4S. The van der Waals surface area contributed by atoms with Gasteiger partial charge in [-0.1, -0.05) is 18.2 Å². The smallest absolute Gasteiger partial charge is 0.291 e. The monoisotopic (exact) mass is 478 g/mol. The number of methoxy groups -OCH3 is 2. The molecule has 0 saturated carbocycles. The first-order valence-electron chi connectivity index (χ1n) is 10.8. The van der Waals surface area contributed by atoms with Crippen LogP contribution in [0.25, 0.3) is 0 Å². The third kappa shape index (κ3) is 5.04. The van der Waals surface area contributed by atoms with Crippen LogP contribution in [0.2, 0.25) is 0 Å². The van der Waals surface area contributed by atoms with Crippen LogP contribution in [-0.4, -0.2) is 31.0 Å². The highest BCUT2D eigenvalue weighted by molar-refractivity contribution is 7.80. The van der Waals surface area contributed by atoms with Crippen LogP contribution >= 0.6 is 12.2 Å². The summed E-state index contributed by atoms with van der Waals surface area (Å²) in [6, 6.07) is 14.8. The summed E-state index contributed by atoms with van der Waals surface area (Å²) in [5.41, 5.74) is 6.66. The molecule has 1 aliphatic rings. The molecule has 0 fully saturated rings. The average molecular weight is 479 g/mol. The third-order valence-electron chi connectivity index (χ3n) is 5.51. The first-order chi connectivity index (χ1) is 16.5. The fourth-order valence-electron chi connectivity index (χ4n) is 3.89. The molecular weight excluding hydrogens is 452 g/mol. The molecule has 34 heavy (non-hydrogen) atoms. The van der Waals surface area contributed by atoms with Crippen molar-refractivity contribution in [2.45, 2.75) is 26.2 Å². The number of carbonyl (C=O) groups excluding carboxylic acids is 1. The van der Waals surface area contributed by atoms with Gasteiger partial charge in [-0.25, -0.2) is 0 Å². The van der Waals surface area contributed by atoms with Gasteiger partial charge in [-0.3, -0.25) is 10.2 Å². The van der Waals surface area contributed by atoms with Gasteiger partial charge in [-0.05, 0) is 56.2 Å². The summed E-state index contributed by atoms with van der Waals surface area (Å²) >= 11 is 5.36. The van der Waals surface area contributed by atoms with Crippen LogP contribution in [-0.2, 0) is 6.42 Å². The Morgan fingerprint density at radius 1 is 1.06 bits per heavy atom. The summed E-state index contributed by atoms with van der Waals surface area (Å²) in [5, 5.41) is 10.9. The Balaban J connectivity index is 1.54. The van der Waals surface area contributed by atoms with Crippen LogP contribution in [0.4, 0.5) is 11.4 Å². The molecule has 0 spiro atoms. The van der Waals surface area contributed by atoms with E-state index in [1.54, 1.807) is 32.4 Å². The zero-order valence-electron chi connectivity index (χ0n) is 19.2. The van der Waals surface area contributed by atoms with Gasteiger partial charge in [0.25, 0.3) is 5.91 Å². The minimum atomic E-state index is -0.368. The molecule has 3 aromatic rings. The predicted octanol–water partition coefficient (Wildman–Crippen LogP) is 4.88. The number of ether oxygens (including phenoxy) is 2.